The molecule has 5 rings (SSSR count). The van der Waals surface area contributed by atoms with Gasteiger partial charge in [0.25, 0.3) is 5.91 Å². The number of anilines is 1. The van der Waals surface area contributed by atoms with E-state index in [0.717, 1.165) is 23.0 Å². The molecule has 7 heteroatoms. The van der Waals surface area contributed by atoms with E-state index in [-0.39, 0.29) is 17.9 Å². The Kier molecular flexibility index (Phi) is 5.46. The van der Waals surface area contributed by atoms with Crippen molar-refractivity contribution in [1.29, 1.82) is 0 Å². The van der Waals surface area contributed by atoms with Crippen LogP contribution in [-0.2, 0) is 4.79 Å². The Labute approximate surface area is 169 Å². The SMILES string of the molecule is CC(=O)Nc1ccc(Sc2ccc(C(=O)NC3C4CCN(CC4)C3C)cc2)[nH]1. The normalized spacial score (nSPS) is 26.1. The van der Waals surface area contributed by atoms with E-state index in [2.05, 4.69) is 27.4 Å². The van der Waals surface area contributed by atoms with Crippen LogP contribution < -0.4 is 10.6 Å². The molecule has 1 aromatic heterocycles. The minimum atomic E-state index is -0.105. The zero-order valence-corrected chi connectivity index (χ0v) is 17.0. The topological polar surface area (TPSA) is 77.2 Å². The smallest absolute Gasteiger partial charge is 0.251 e. The van der Waals surface area contributed by atoms with E-state index >= 15 is 0 Å². The van der Waals surface area contributed by atoms with Crippen molar-refractivity contribution >= 4 is 29.4 Å². The number of nitrogens with one attached hydrogen (secondary N) is 3. The van der Waals surface area contributed by atoms with Gasteiger partial charge in [0.2, 0.25) is 5.91 Å². The van der Waals surface area contributed by atoms with Crippen molar-refractivity contribution in [2.24, 2.45) is 5.92 Å². The van der Waals surface area contributed by atoms with Crippen LogP contribution in [0.4, 0.5) is 5.82 Å². The largest absolute Gasteiger partial charge is 0.347 e. The van der Waals surface area contributed by atoms with Crippen LogP contribution in [-0.4, -0.2) is 46.9 Å². The van der Waals surface area contributed by atoms with Crippen LogP contribution in [0, 0.1) is 5.92 Å². The highest BCUT2D eigenvalue weighted by atomic mass is 32.2. The average molecular weight is 399 g/mol. The number of nitrogens with zero attached hydrogens (tertiary/aromatic N) is 1. The van der Waals surface area contributed by atoms with Crippen molar-refractivity contribution in [2.75, 3.05) is 18.4 Å². The van der Waals surface area contributed by atoms with Crippen molar-refractivity contribution in [2.45, 2.75) is 48.7 Å². The fraction of sp³-hybridized carbons (Fsp3) is 0.429. The minimum absolute atomic E-state index is 0.00923. The van der Waals surface area contributed by atoms with E-state index in [4.69, 9.17) is 0 Å². The Hall–Kier alpha value is -2.25. The quantitative estimate of drug-likeness (QED) is 0.722. The Bertz CT molecular complexity index is 854. The summed E-state index contributed by atoms with van der Waals surface area (Å²) in [5, 5.41) is 6.93. The lowest BCUT2D eigenvalue weighted by molar-refractivity contribution is -0.114. The van der Waals surface area contributed by atoms with Gasteiger partial charge in [-0.05, 0) is 75.2 Å². The lowest BCUT2D eigenvalue weighted by atomic mass is 9.79. The van der Waals surface area contributed by atoms with Crippen molar-refractivity contribution in [1.82, 2.24) is 15.2 Å². The molecule has 2 aromatic rings. The summed E-state index contributed by atoms with van der Waals surface area (Å²) in [5.41, 5.74) is 0.693. The number of rotatable bonds is 5. The maximum absolute atomic E-state index is 12.7. The Balaban J connectivity index is 1.37. The van der Waals surface area contributed by atoms with Gasteiger partial charge in [-0.25, -0.2) is 0 Å². The molecular formula is C21H26N4O2S. The first-order chi connectivity index (χ1) is 13.5. The van der Waals surface area contributed by atoms with Gasteiger partial charge >= 0.3 is 0 Å². The number of carbonyl (C=O) groups is 2. The van der Waals surface area contributed by atoms with E-state index in [1.165, 1.54) is 19.8 Å². The zero-order valence-electron chi connectivity index (χ0n) is 16.2. The third-order valence-electron chi connectivity index (χ3n) is 5.79. The second kappa shape index (κ2) is 8.01. The van der Waals surface area contributed by atoms with E-state index in [9.17, 15) is 9.59 Å². The zero-order chi connectivity index (χ0) is 19.7. The van der Waals surface area contributed by atoms with Crippen LogP contribution in [0.2, 0.25) is 0 Å². The highest BCUT2D eigenvalue weighted by Crippen LogP contribution is 2.32. The second-order valence-corrected chi connectivity index (χ2v) is 8.77. The highest BCUT2D eigenvalue weighted by Gasteiger charge is 2.40. The van der Waals surface area contributed by atoms with Crippen molar-refractivity contribution in [3.63, 3.8) is 0 Å². The van der Waals surface area contributed by atoms with Crippen LogP contribution in [0.3, 0.4) is 0 Å². The van der Waals surface area contributed by atoms with Crippen LogP contribution in [0.5, 0.6) is 0 Å². The number of piperidine rings is 3. The molecule has 4 heterocycles. The van der Waals surface area contributed by atoms with Gasteiger partial charge in [-0.1, -0.05) is 11.8 Å². The molecular weight excluding hydrogens is 372 g/mol. The maximum Gasteiger partial charge on any atom is 0.251 e. The number of benzene rings is 1. The number of hydrogen-bond donors (Lipinski definition) is 3. The lowest BCUT2D eigenvalue weighted by Crippen LogP contribution is -2.62. The molecule has 2 unspecified atom stereocenters. The van der Waals surface area contributed by atoms with Crippen molar-refractivity contribution in [3.05, 3.63) is 42.0 Å². The summed E-state index contributed by atoms with van der Waals surface area (Å²) in [6.07, 6.45) is 2.36. The van der Waals surface area contributed by atoms with Crippen LogP contribution in [0.15, 0.2) is 46.3 Å². The number of aromatic amines is 1. The molecule has 2 atom stereocenters. The van der Waals surface area contributed by atoms with Gasteiger partial charge in [0.15, 0.2) is 0 Å². The van der Waals surface area contributed by atoms with E-state index in [1.807, 2.05) is 36.4 Å². The van der Waals surface area contributed by atoms with Crippen molar-refractivity contribution in [3.8, 4) is 0 Å². The maximum atomic E-state index is 12.7. The molecule has 0 spiro atoms. The standard InChI is InChI=1S/C21H26N4O2S/c1-13-20(15-9-11-25(13)12-10-15)24-21(27)16-3-5-17(6-4-16)28-19-8-7-18(23-19)22-14(2)26/h3-8,13,15,20,23H,9-12H2,1-2H3,(H,22,26)(H,24,27). The molecule has 6 nitrogen and oxygen atoms in total. The number of carbonyl (C=O) groups excluding carboxylic acids is 2. The molecule has 2 bridgehead atoms. The van der Waals surface area contributed by atoms with E-state index in [1.54, 1.807) is 11.8 Å². The first kappa shape index (κ1) is 19.1. The number of fused-ring (bicyclic) bond motifs is 3. The summed E-state index contributed by atoms with van der Waals surface area (Å²) >= 11 is 1.56. The van der Waals surface area contributed by atoms with Crippen LogP contribution in [0.1, 0.15) is 37.0 Å². The molecule has 3 aliphatic heterocycles. The number of H-pyrrole nitrogens is 1. The summed E-state index contributed by atoms with van der Waals surface area (Å²) < 4.78 is 0. The minimum Gasteiger partial charge on any atom is -0.347 e. The first-order valence-electron chi connectivity index (χ1n) is 9.79. The summed E-state index contributed by atoms with van der Waals surface area (Å²) in [5.74, 6) is 1.18. The molecule has 0 saturated carbocycles. The van der Waals surface area contributed by atoms with Gasteiger partial charge in [-0.2, -0.15) is 0 Å². The average Bonchev–Trinajstić information content (AvgIpc) is 3.11. The summed E-state index contributed by atoms with van der Waals surface area (Å²) in [6, 6.07) is 12.1. The van der Waals surface area contributed by atoms with Crippen molar-refractivity contribution < 1.29 is 9.59 Å². The predicted molar refractivity (Wildman–Crippen MR) is 111 cm³/mol. The Morgan fingerprint density at radius 2 is 1.82 bits per heavy atom. The fourth-order valence-electron chi connectivity index (χ4n) is 4.28. The third-order valence-corrected chi connectivity index (χ3v) is 6.76. The first-order valence-corrected chi connectivity index (χ1v) is 10.6. The van der Waals surface area contributed by atoms with E-state index in [0.29, 0.717) is 23.3 Å². The number of amides is 2. The van der Waals surface area contributed by atoms with Gasteiger partial charge in [-0.15, -0.1) is 0 Å². The molecule has 0 radical (unpaired) electrons. The van der Waals surface area contributed by atoms with E-state index < -0.39 is 0 Å². The summed E-state index contributed by atoms with van der Waals surface area (Å²) in [7, 11) is 0. The molecule has 148 valence electrons. The Morgan fingerprint density at radius 3 is 2.46 bits per heavy atom. The predicted octanol–water partition coefficient (Wildman–Crippen LogP) is 3.34. The van der Waals surface area contributed by atoms with Gasteiger partial charge in [-0.3, -0.25) is 14.5 Å². The van der Waals surface area contributed by atoms with Gasteiger partial charge < -0.3 is 15.6 Å². The molecule has 2 amide bonds. The van der Waals surface area contributed by atoms with Crippen LogP contribution in [0.25, 0.3) is 0 Å². The highest BCUT2D eigenvalue weighted by molar-refractivity contribution is 7.99. The second-order valence-electron chi connectivity index (χ2n) is 7.66. The summed E-state index contributed by atoms with van der Waals surface area (Å²) in [6.45, 7) is 6.02. The number of aromatic nitrogens is 1. The monoisotopic (exact) mass is 398 g/mol. The van der Waals surface area contributed by atoms with Crippen LogP contribution >= 0.6 is 11.8 Å². The molecule has 3 N–H and O–H groups in total. The number of hydrogen-bond acceptors (Lipinski definition) is 4. The molecule has 3 saturated heterocycles. The van der Waals surface area contributed by atoms with Gasteiger partial charge in [0.05, 0.1) is 5.03 Å². The molecule has 1 aromatic carbocycles. The molecule has 3 fully saturated rings. The summed E-state index contributed by atoms with van der Waals surface area (Å²) in [4.78, 5) is 30.5. The molecule has 3 aliphatic rings. The Morgan fingerprint density at radius 1 is 1.11 bits per heavy atom. The van der Waals surface area contributed by atoms with Gasteiger partial charge in [0.1, 0.15) is 5.82 Å². The lowest BCUT2D eigenvalue weighted by Gasteiger charge is -2.49. The molecule has 0 aliphatic carbocycles. The fourth-order valence-corrected chi connectivity index (χ4v) is 5.10. The van der Waals surface area contributed by atoms with Gasteiger partial charge in [0, 0.05) is 29.5 Å². The third kappa shape index (κ3) is 4.10. The molecule has 28 heavy (non-hydrogen) atoms.